The molecule has 0 saturated heterocycles. The van der Waals surface area contributed by atoms with E-state index in [0.717, 1.165) is 46.8 Å². The monoisotopic (exact) mass is 417 g/mol. The van der Waals surface area contributed by atoms with Crippen LogP contribution in [-0.2, 0) is 16.1 Å². The summed E-state index contributed by atoms with van der Waals surface area (Å²) >= 11 is 0. The molecule has 31 heavy (non-hydrogen) atoms. The van der Waals surface area contributed by atoms with Crippen molar-refractivity contribution in [1.29, 1.82) is 0 Å². The van der Waals surface area contributed by atoms with Crippen LogP contribution in [0.5, 0.6) is 11.5 Å². The number of fused-ring (bicyclic) bond motifs is 3. The molecule has 0 aromatic heterocycles. The van der Waals surface area contributed by atoms with Gasteiger partial charge in [0.25, 0.3) is 0 Å². The minimum absolute atomic E-state index is 0.0415. The van der Waals surface area contributed by atoms with Crippen LogP contribution in [0.15, 0.2) is 59.3 Å². The molecule has 0 amide bonds. The van der Waals surface area contributed by atoms with Crippen molar-refractivity contribution in [1.82, 2.24) is 0 Å². The zero-order chi connectivity index (χ0) is 21.6. The molecule has 2 fully saturated rings. The van der Waals surface area contributed by atoms with E-state index in [2.05, 4.69) is 32.0 Å². The highest BCUT2D eigenvalue weighted by Crippen LogP contribution is 2.66. The van der Waals surface area contributed by atoms with E-state index in [0.29, 0.717) is 5.92 Å². The quantitative estimate of drug-likeness (QED) is 0.494. The Morgan fingerprint density at radius 2 is 1.90 bits per heavy atom. The van der Waals surface area contributed by atoms with Gasteiger partial charge in [0.2, 0.25) is 6.79 Å². The fraction of sp³-hybridized carbons (Fsp3) is 0.385. The molecule has 2 aromatic rings. The number of rotatable bonds is 4. The molecule has 2 atom stereocenters. The first-order valence-corrected chi connectivity index (χ1v) is 10.8. The van der Waals surface area contributed by atoms with Crippen molar-refractivity contribution in [3.05, 3.63) is 65.2 Å². The van der Waals surface area contributed by atoms with Gasteiger partial charge in [-0.1, -0.05) is 62.3 Å². The fourth-order valence-corrected chi connectivity index (χ4v) is 5.35. The van der Waals surface area contributed by atoms with Crippen LogP contribution in [0, 0.1) is 16.7 Å². The number of nitrogens with zero attached hydrogens (tertiary/aromatic N) is 1. The molecule has 5 heteroatoms. The number of benzene rings is 2. The predicted octanol–water partition coefficient (Wildman–Crippen LogP) is 5.40. The molecule has 160 valence electrons. The van der Waals surface area contributed by atoms with Gasteiger partial charge in [0, 0.05) is 5.41 Å². The molecule has 1 heterocycles. The van der Waals surface area contributed by atoms with Gasteiger partial charge in [-0.2, -0.15) is 0 Å². The van der Waals surface area contributed by atoms with Crippen LogP contribution < -0.4 is 9.47 Å². The number of allylic oxidation sites excluding steroid dienone is 1. The molecule has 2 aliphatic carbocycles. The Hall–Kier alpha value is -3.08. The summed E-state index contributed by atoms with van der Waals surface area (Å²) in [6, 6.07) is 15.6. The van der Waals surface area contributed by atoms with Crippen LogP contribution in [0.3, 0.4) is 0 Å². The number of ether oxygens (including phenoxy) is 2. The summed E-state index contributed by atoms with van der Waals surface area (Å²) in [6.45, 7) is 7.10. The van der Waals surface area contributed by atoms with Gasteiger partial charge in [0.05, 0.1) is 12.1 Å². The van der Waals surface area contributed by atoms with Crippen molar-refractivity contribution in [2.24, 2.45) is 21.9 Å². The molecule has 5 rings (SSSR count). The maximum Gasteiger partial charge on any atom is 0.339 e. The summed E-state index contributed by atoms with van der Waals surface area (Å²) in [4.78, 5) is 17.9. The van der Waals surface area contributed by atoms with E-state index in [1.54, 1.807) is 0 Å². The normalized spacial score (nSPS) is 27.8. The van der Waals surface area contributed by atoms with Gasteiger partial charge >= 0.3 is 5.97 Å². The van der Waals surface area contributed by atoms with E-state index in [1.165, 1.54) is 0 Å². The molecule has 3 aliphatic rings. The van der Waals surface area contributed by atoms with Crippen LogP contribution >= 0.6 is 0 Å². The van der Waals surface area contributed by atoms with Gasteiger partial charge < -0.3 is 14.3 Å². The molecule has 2 aromatic carbocycles. The largest absolute Gasteiger partial charge is 0.454 e. The SMILES string of the molecule is CC12CCC(C(=C\c3ccc4c(c3)OCO4)/C1=N/OC(=O)Cc1ccccc1)C2(C)C. The van der Waals surface area contributed by atoms with Gasteiger partial charge in [-0.15, -0.1) is 0 Å². The van der Waals surface area contributed by atoms with Gasteiger partial charge in [-0.05, 0) is 59.1 Å². The van der Waals surface area contributed by atoms with Crippen molar-refractivity contribution < 1.29 is 19.1 Å². The van der Waals surface area contributed by atoms with Crippen molar-refractivity contribution in [2.45, 2.75) is 40.0 Å². The number of hydrogen-bond acceptors (Lipinski definition) is 5. The number of carbonyl (C=O) groups excluding carboxylic acids is 1. The van der Waals surface area contributed by atoms with E-state index in [1.807, 2.05) is 48.5 Å². The molecule has 2 saturated carbocycles. The maximum absolute atomic E-state index is 12.5. The molecule has 2 bridgehead atoms. The van der Waals surface area contributed by atoms with Crippen LogP contribution in [0.25, 0.3) is 6.08 Å². The summed E-state index contributed by atoms with van der Waals surface area (Å²) in [6.07, 6.45) is 4.53. The van der Waals surface area contributed by atoms with Gasteiger partial charge in [0.1, 0.15) is 0 Å². The number of carbonyl (C=O) groups is 1. The molecule has 1 aliphatic heterocycles. The lowest BCUT2D eigenvalue weighted by Gasteiger charge is -2.33. The highest BCUT2D eigenvalue weighted by Gasteiger charge is 2.63. The molecule has 2 unspecified atom stereocenters. The summed E-state index contributed by atoms with van der Waals surface area (Å²) in [5, 5.41) is 4.46. The molecular formula is C26H27NO4. The molecule has 0 N–H and O–H groups in total. The lowest BCUT2D eigenvalue weighted by molar-refractivity contribution is -0.142. The Morgan fingerprint density at radius 3 is 2.71 bits per heavy atom. The summed E-state index contributed by atoms with van der Waals surface area (Å²) < 4.78 is 11.0. The highest BCUT2D eigenvalue weighted by molar-refractivity contribution is 6.11. The van der Waals surface area contributed by atoms with Crippen molar-refractivity contribution in [3.8, 4) is 11.5 Å². The Kier molecular flexibility index (Phi) is 4.65. The van der Waals surface area contributed by atoms with Crippen LogP contribution in [0.1, 0.15) is 44.7 Å². The molecule has 0 spiro atoms. The number of oxime groups is 1. The fourth-order valence-electron chi connectivity index (χ4n) is 5.35. The lowest BCUT2D eigenvalue weighted by atomic mass is 9.70. The topological polar surface area (TPSA) is 57.1 Å². The first-order chi connectivity index (χ1) is 14.9. The van der Waals surface area contributed by atoms with Crippen LogP contribution in [0.2, 0.25) is 0 Å². The van der Waals surface area contributed by atoms with Crippen molar-refractivity contribution in [3.63, 3.8) is 0 Å². The van der Waals surface area contributed by atoms with Gasteiger partial charge in [-0.3, -0.25) is 0 Å². The second-order valence-electron chi connectivity index (χ2n) is 9.42. The van der Waals surface area contributed by atoms with Gasteiger partial charge in [-0.25, -0.2) is 4.79 Å². The van der Waals surface area contributed by atoms with Gasteiger partial charge in [0.15, 0.2) is 11.5 Å². The average Bonchev–Trinajstić information content (AvgIpc) is 3.34. The summed E-state index contributed by atoms with van der Waals surface area (Å²) in [5.41, 5.74) is 3.92. The molecular weight excluding hydrogens is 390 g/mol. The Balaban J connectivity index is 1.46. The second-order valence-corrected chi connectivity index (χ2v) is 9.42. The minimum atomic E-state index is -0.342. The third-order valence-electron chi connectivity index (χ3n) is 7.55. The second kappa shape index (κ2) is 7.26. The Bertz CT molecular complexity index is 1090. The van der Waals surface area contributed by atoms with Crippen LogP contribution in [0.4, 0.5) is 0 Å². The van der Waals surface area contributed by atoms with E-state index in [9.17, 15) is 4.79 Å². The average molecular weight is 418 g/mol. The smallest absolute Gasteiger partial charge is 0.339 e. The Labute approximate surface area is 182 Å². The molecule has 5 nitrogen and oxygen atoms in total. The highest BCUT2D eigenvalue weighted by atomic mass is 16.7. The first-order valence-electron chi connectivity index (χ1n) is 10.8. The van der Waals surface area contributed by atoms with Crippen molar-refractivity contribution >= 4 is 17.8 Å². The van der Waals surface area contributed by atoms with E-state index < -0.39 is 0 Å². The third-order valence-corrected chi connectivity index (χ3v) is 7.55. The predicted molar refractivity (Wildman–Crippen MR) is 119 cm³/mol. The van der Waals surface area contributed by atoms with E-state index >= 15 is 0 Å². The Morgan fingerprint density at radius 1 is 1.13 bits per heavy atom. The lowest BCUT2D eigenvalue weighted by Crippen LogP contribution is -2.33. The first kappa shape index (κ1) is 19.9. The zero-order valence-electron chi connectivity index (χ0n) is 18.2. The van der Waals surface area contributed by atoms with Crippen molar-refractivity contribution in [2.75, 3.05) is 6.79 Å². The standard InChI is InChI=1S/C26H27NO4/c1-25(2)20-11-12-26(25,3)24(27-31-23(28)15-17-7-5-4-6-8-17)19(20)13-18-9-10-21-22(14-18)30-16-29-21/h4-10,13-14,20H,11-12,15-16H2,1-3H3/b19-13+,27-24-. The maximum atomic E-state index is 12.5. The van der Waals surface area contributed by atoms with E-state index in [-0.39, 0.29) is 30.0 Å². The van der Waals surface area contributed by atoms with E-state index in [4.69, 9.17) is 14.3 Å². The number of hydrogen-bond donors (Lipinski definition) is 0. The zero-order valence-corrected chi connectivity index (χ0v) is 18.2. The summed E-state index contributed by atoms with van der Waals surface area (Å²) in [5.74, 6) is 1.56. The molecule has 0 radical (unpaired) electrons. The minimum Gasteiger partial charge on any atom is -0.454 e. The summed E-state index contributed by atoms with van der Waals surface area (Å²) in [7, 11) is 0. The third kappa shape index (κ3) is 3.23. The van der Waals surface area contributed by atoms with Crippen LogP contribution in [-0.4, -0.2) is 18.5 Å².